The van der Waals surface area contributed by atoms with Crippen molar-refractivity contribution in [1.82, 2.24) is 15.5 Å². The van der Waals surface area contributed by atoms with Gasteiger partial charge in [0.05, 0.1) is 11.5 Å². The number of nitrogens with one attached hydrogen (secondary N) is 2. The largest absolute Gasteiger partial charge is 0.356 e. The third-order valence-electron chi connectivity index (χ3n) is 2.89. The Morgan fingerprint density at radius 3 is 2.63 bits per heavy atom. The minimum atomic E-state index is -3.03. The molecule has 1 rings (SSSR count). The van der Waals surface area contributed by atoms with Crippen LogP contribution in [0, 0.1) is 0 Å². The zero-order valence-corrected chi connectivity index (χ0v) is 12.1. The SMILES string of the molecule is CN(C)C(=O)CCNC(=O)CC1CS(=O)(=O)CCN1. The molecule has 0 aromatic rings. The standard InChI is InChI=1S/C11H21N3O4S/c1-14(2)11(16)3-4-13-10(15)7-9-8-19(17,18)6-5-12-9/h9,12H,3-8H2,1-2H3,(H,13,15). The second-order valence-corrected chi connectivity index (χ2v) is 7.09. The Labute approximate surface area is 113 Å². The number of hydrogen-bond acceptors (Lipinski definition) is 5. The van der Waals surface area contributed by atoms with Gasteiger partial charge in [0, 0.05) is 46.1 Å². The van der Waals surface area contributed by atoms with Gasteiger partial charge in [-0.2, -0.15) is 0 Å². The molecule has 7 nitrogen and oxygen atoms in total. The Morgan fingerprint density at radius 2 is 2.05 bits per heavy atom. The molecule has 0 spiro atoms. The van der Waals surface area contributed by atoms with Crippen molar-refractivity contribution in [3.8, 4) is 0 Å². The summed E-state index contributed by atoms with van der Waals surface area (Å²) in [5.74, 6) is -0.167. The number of carbonyl (C=O) groups is 2. The molecular formula is C11H21N3O4S. The van der Waals surface area contributed by atoms with Crippen molar-refractivity contribution in [2.75, 3.05) is 38.7 Å². The lowest BCUT2D eigenvalue weighted by atomic mass is 10.2. The highest BCUT2D eigenvalue weighted by Crippen LogP contribution is 2.04. The van der Waals surface area contributed by atoms with E-state index < -0.39 is 9.84 Å². The van der Waals surface area contributed by atoms with Crippen LogP contribution in [0.5, 0.6) is 0 Å². The maximum Gasteiger partial charge on any atom is 0.223 e. The molecule has 1 saturated heterocycles. The molecule has 110 valence electrons. The van der Waals surface area contributed by atoms with E-state index in [1.165, 1.54) is 4.90 Å². The fraction of sp³-hybridized carbons (Fsp3) is 0.818. The van der Waals surface area contributed by atoms with E-state index >= 15 is 0 Å². The molecule has 2 N–H and O–H groups in total. The molecule has 1 fully saturated rings. The van der Waals surface area contributed by atoms with Crippen LogP contribution in [0.15, 0.2) is 0 Å². The summed E-state index contributed by atoms with van der Waals surface area (Å²) in [6, 6.07) is -0.330. The van der Waals surface area contributed by atoms with Gasteiger partial charge in [0.1, 0.15) is 0 Å². The van der Waals surface area contributed by atoms with Gasteiger partial charge < -0.3 is 15.5 Å². The van der Waals surface area contributed by atoms with Crippen molar-refractivity contribution in [2.45, 2.75) is 18.9 Å². The lowest BCUT2D eigenvalue weighted by Gasteiger charge is -2.23. The summed E-state index contributed by atoms with van der Waals surface area (Å²) in [6.45, 7) is 0.661. The average Bonchev–Trinajstić information content (AvgIpc) is 2.27. The molecule has 0 aromatic heterocycles. The van der Waals surface area contributed by atoms with Crippen LogP contribution in [0.2, 0.25) is 0 Å². The van der Waals surface area contributed by atoms with Gasteiger partial charge in [-0.1, -0.05) is 0 Å². The molecule has 0 aromatic carbocycles. The van der Waals surface area contributed by atoms with Crippen LogP contribution in [-0.2, 0) is 19.4 Å². The zero-order chi connectivity index (χ0) is 14.5. The first-order valence-corrected chi connectivity index (χ1v) is 8.03. The van der Waals surface area contributed by atoms with Crippen LogP contribution in [0.25, 0.3) is 0 Å². The number of sulfone groups is 1. The number of carbonyl (C=O) groups excluding carboxylic acids is 2. The maximum atomic E-state index is 11.6. The molecule has 2 amide bonds. The molecule has 1 heterocycles. The number of rotatable bonds is 5. The van der Waals surface area contributed by atoms with E-state index in [-0.39, 0.29) is 48.7 Å². The van der Waals surface area contributed by atoms with Crippen LogP contribution in [-0.4, -0.2) is 69.9 Å². The van der Waals surface area contributed by atoms with E-state index in [4.69, 9.17) is 0 Å². The van der Waals surface area contributed by atoms with Crippen LogP contribution in [0.1, 0.15) is 12.8 Å². The van der Waals surface area contributed by atoms with Crippen LogP contribution in [0.3, 0.4) is 0 Å². The van der Waals surface area contributed by atoms with E-state index in [9.17, 15) is 18.0 Å². The topological polar surface area (TPSA) is 95.6 Å². The first kappa shape index (κ1) is 15.9. The Balaban J connectivity index is 2.26. The molecule has 0 saturated carbocycles. The Morgan fingerprint density at radius 1 is 1.37 bits per heavy atom. The van der Waals surface area contributed by atoms with Gasteiger partial charge in [-0.15, -0.1) is 0 Å². The van der Waals surface area contributed by atoms with E-state index in [0.717, 1.165) is 0 Å². The highest BCUT2D eigenvalue weighted by Gasteiger charge is 2.25. The predicted octanol–water partition coefficient (Wildman–Crippen LogP) is -1.64. The summed E-state index contributed by atoms with van der Waals surface area (Å²) in [5.41, 5.74) is 0. The first-order chi connectivity index (χ1) is 8.80. The van der Waals surface area contributed by atoms with Crippen molar-refractivity contribution in [3.63, 3.8) is 0 Å². The van der Waals surface area contributed by atoms with Gasteiger partial charge in [-0.3, -0.25) is 9.59 Å². The number of nitrogens with zero attached hydrogens (tertiary/aromatic N) is 1. The summed E-state index contributed by atoms with van der Waals surface area (Å²) in [4.78, 5) is 24.3. The van der Waals surface area contributed by atoms with Gasteiger partial charge in [0.15, 0.2) is 9.84 Å². The van der Waals surface area contributed by atoms with Crippen molar-refractivity contribution in [1.29, 1.82) is 0 Å². The summed E-state index contributed by atoms with van der Waals surface area (Å²) >= 11 is 0. The molecule has 1 unspecified atom stereocenters. The maximum absolute atomic E-state index is 11.6. The van der Waals surface area contributed by atoms with Crippen LogP contribution >= 0.6 is 0 Å². The highest BCUT2D eigenvalue weighted by molar-refractivity contribution is 7.91. The second kappa shape index (κ2) is 6.85. The van der Waals surface area contributed by atoms with E-state index in [1.54, 1.807) is 14.1 Å². The summed E-state index contributed by atoms with van der Waals surface area (Å²) < 4.78 is 22.8. The second-order valence-electron chi connectivity index (χ2n) is 4.86. The molecule has 0 aliphatic carbocycles. The van der Waals surface area contributed by atoms with Gasteiger partial charge in [-0.25, -0.2) is 8.42 Å². The third-order valence-corrected chi connectivity index (χ3v) is 4.63. The minimum absolute atomic E-state index is 0.00293. The van der Waals surface area contributed by atoms with Crippen LogP contribution in [0.4, 0.5) is 0 Å². The predicted molar refractivity (Wildman–Crippen MR) is 71.4 cm³/mol. The number of amides is 2. The minimum Gasteiger partial charge on any atom is -0.356 e. The van der Waals surface area contributed by atoms with Crippen LogP contribution < -0.4 is 10.6 Å². The van der Waals surface area contributed by atoms with Gasteiger partial charge in [0.25, 0.3) is 0 Å². The summed E-state index contributed by atoms with van der Waals surface area (Å²) in [7, 11) is 0.281. The molecule has 8 heteroatoms. The van der Waals surface area contributed by atoms with E-state index in [0.29, 0.717) is 6.54 Å². The smallest absolute Gasteiger partial charge is 0.223 e. The third kappa shape index (κ3) is 6.02. The Kier molecular flexibility index (Phi) is 5.74. The highest BCUT2D eigenvalue weighted by atomic mass is 32.2. The molecule has 1 aliphatic heterocycles. The summed E-state index contributed by atoms with van der Waals surface area (Å²) in [6.07, 6.45) is 0.366. The molecule has 1 aliphatic rings. The average molecular weight is 291 g/mol. The molecule has 1 atom stereocenters. The fourth-order valence-corrected chi connectivity index (χ4v) is 3.27. The van der Waals surface area contributed by atoms with Gasteiger partial charge in [-0.05, 0) is 0 Å². The fourth-order valence-electron chi connectivity index (χ4n) is 1.83. The van der Waals surface area contributed by atoms with E-state index in [1.807, 2.05) is 0 Å². The summed E-state index contributed by atoms with van der Waals surface area (Å²) in [5, 5.41) is 5.63. The first-order valence-electron chi connectivity index (χ1n) is 6.21. The zero-order valence-electron chi connectivity index (χ0n) is 11.3. The van der Waals surface area contributed by atoms with Crippen molar-refractivity contribution >= 4 is 21.7 Å². The number of hydrogen-bond donors (Lipinski definition) is 2. The lowest BCUT2D eigenvalue weighted by Crippen LogP contribution is -2.47. The Hall–Kier alpha value is -1.15. The van der Waals surface area contributed by atoms with Gasteiger partial charge in [0.2, 0.25) is 11.8 Å². The monoisotopic (exact) mass is 291 g/mol. The van der Waals surface area contributed by atoms with Crippen molar-refractivity contribution < 1.29 is 18.0 Å². The molecule has 19 heavy (non-hydrogen) atoms. The Bertz CT molecular complexity index is 433. The van der Waals surface area contributed by atoms with Crippen molar-refractivity contribution in [3.05, 3.63) is 0 Å². The van der Waals surface area contributed by atoms with Crippen molar-refractivity contribution in [2.24, 2.45) is 0 Å². The normalized spacial score (nSPS) is 21.7. The quantitative estimate of drug-likeness (QED) is 0.633. The van der Waals surface area contributed by atoms with E-state index in [2.05, 4.69) is 10.6 Å². The molecular weight excluding hydrogens is 270 g/mol. The van der Waals surface area contributed by atoms with Gasteiger partial charge >= 0.3 is 0 Å². The molecule has 0 bridgehead atoms. The molecule has 0 radical (unpaired) electrons. The lowest BCUT2D eigenvalue weighted by molar-refractivity contribution is -0.128.